The Balaban J connectivity index is 1.35. The first-order chi connectivity index (χ1) is 12.2. The van der Waals surface area contributed by atoms with Gasteiger partial charge in [-0.2, -0.15) is 0 Å². The minimum Gasteiger partial charge on any atom is -0.492 e. The van der Waals surface area contributed by atoms with Crippen LogP contribution in [0.5, 0.6) is 5.75 Å². The third kappa shape index (κ3) is 3.12. The maximum atomic E-state index is 12.8. The summed E-state index contributed by atoms with van der Waals surface area (Å²) in [5.74, 6) is 0.800. The molecule has 0 saturated carbocycles. The molecule has 0 bridgehead atoms. The van der Waals surface area contributed by atoms with Crippen LogP contribution in [-0.4, -0.2) is 54.4 Å². The molecule has 1 aromatic heterocycles. The van der Waals surface area contributed by atoms with Crippen molar-refractivity contribution in [3.8, 4) is 5.75 Å². The minimum atomic E-state index is -0.147. The van der Waals surface area contributed by atoms with E-state index in [0.29, 0.717) is 44.8 Å². The van der Waals surface area contributed by atoms with Crippen molar-refractivity contribution in [3.63, 3.8) is 0 Å². The molecule has 0 N–H and O–H groups in total. The molecular formula is C19H20N2O4. The fraction of sp³-hybridized carbons (Fsp3) is 0.368. The van der Waals surface area contributed by atoms with Crippen LogP contribution in [0, 0.1) is 5.92 Å². The number of furan rings is 1. The molecular weight excluding hydrogens is 320 g/mol. The number of carbonyl (C=O) groups excluding carboxylic acids is 2. The molecule has 2 aromatic rings. The molecule has 2 aliphatic rings. The van der Waals surface area contributed by atoms with E-state index in [4.69, 9.17) is 9.15 Å². The fourth-order valence-corrected chi connectivity index (χ4v) is 3.44. The van der Waals surface area contributed by atoms with Crippen LogP contribution in [0.15, 0.2) is 47.3 Å². The maximum absolute atomic E-state index is 12.8. The summed E-state index contributed by atoms with van der Waals surface area (Å²) in [5.41, 5.74) is 1.64. The molecule has 4 rings (SSSR count). The second-order valence-corrected chi connectivity index (χ2v) is 6.45. The van der Waals surface area contributed by atoms with Crippen molar-refractivity contribution in [1.82, 2.24) is 9.80 Å². The second-order valence-electron chi connectivity index (χ2n) is 6.45. The summed E-state index contributed by atoms with van der Waals surface area (Å²) in [5, 5.41) is 0. The highest BCUT2D eigenvalue weighted by atomic mass is 16.5. The van der Waals surface area contributed by atoms with E-state index in [-0.39, 0.29) is 17.7 Å². The number of carbonyl (C=O) groups is 2. The van der Waals surface area contributed by atoms with Gasteiger partial charge in [0.05, 0.1) is 17.7 Å². The van der Waals surface area contributed by atoms with Gasteiger partial charge in [-0.1, -0.05) is 18.2 Å². The van der Waals surface area contributed by atoms with Crippen LogP contribution >= 0.6 is 0 Å². The van der Waals surface area contributed by atoms with Crippen molar-refractivity contribution in [2.75, 3.05) is 32.8 Å². The van der Waals surface area contributed by atoms with Crippen molar-refractivity contribution in [1.29, 1.82) is 0 Å². The number of rotatable bonds is 2. The van der Waals surface area contributed by atoms with Gasteiger partial charge in [-0.05, 0) is 24.1 Å². The minimum absolute atomic E-state index is 0.0456. The van der Waals surface area contributed by atoms with Crippen molar-refractivity contribution < 1.29 is 18.7 Å². The molecule has 0 aliphatic carbocycles. The molecule has 1 atom stereocenters. The number of hydrogen-bond acceptors (Lipinski definition) is 4. The first-order valence-corrected chi connectivity index (χ1v) is 8.53. The molecule has 6 nitrogen and oxygen atoms in total. The molecule has 2 amide bonds. The lowest BCUT2D eigenvalue weighted by molar-refractivity contribution is -0.138. The third-order valence-corrected chi connectivity index (χ3v) is 4.87. The molecule has 0 spiro atoms. The molecule has 130 valence electrons. The van der Waals surface area contributed by atoms with Crippen molar-refractivity contribution in [2.45, 2.75) is 6.42 Å². The number of amides is 2. The van der Waals surface area contributed by atoms with Crippen LogP contribution in [0.4, 0.5) is 0 Å². The van der Waals surface area contributed by atoms with Gasteiger partial charge in [-0.25, -0.2) is 0 Å². The molecule has 25 heavy (non-hydrogen) atoms. The van der Waals surface area contributed by atoms with Gasteiger partial charge in [0.25, 0.3) is 5.91 Å². The van der Waals surface area contributed by atoms with Crippen LogP contribution in [0.1, 0.15) is 15.9 Å². The highest BCUT2D eigenvalue weighted by Gasteiger charge is 2.32. The van der Waals surface area contributed by atoms with Gasteiger partial charge < -0.3 is 19.0 Å². The van der Waals surface area contributed by atoms with Gasteiger partial charge in [-0.15, -0.1) is 0 Å². The summed E-state index contributed by atoms with van der Waals surface area (Å²) in [6.07, 6.45) is 3.66. The van der Waals surface area contributed by atoms with E-state index in [1.165, 1.54) is 12.5 Å². The summed E-state index contributed by atoms with van der Waals surface area (Å²) < 4.78 is 10.7. The van der Waals surface area contributed by atoms with Crippen LogP contribution < -0.4 is 4.74 Å². The van der Waals surface area contributed by atoms with Gasteiger partial charge in [0.2, 0.25) is 5.91 Å². The first-order valence-electron chi connectivity index (χ1n) is 8.53. The Bertz CT molecular complexity index is 763. The van der Waals surface area contributed by atoms with Crippen LogP contribution in [0.3, 0.4) is 0 Å². The lowest BCUT2D eigenvalue weighted by Gasteiger charge is -2.37. The lowest BCUT2D eigenvalue weighted by Crippen LogP contribution is -2.53. The van der Waals surface area contributed by atoms with Crippen molar-refractivity contribution >= 4 is 11.8 Å². The first kappa shape index (κ1) is 15.7. The van der Waals surface area contributed by atoms with Crippen LogP contribution in [0.2, 0.25) is 0 Å². The van der Waals surface area contributed by atoms with Crippen LogP contribution in [-0.2, 0) is 11.2 Å². The zero-order valence-corrected chi connectivity index (χ0v) is 13.9. The molecule has 1 aromatic carbocycles. The summed E-state index contributed by atoms with van der Waals surface area (Å²) in [6, 6.07) is 9.52. The number of hydrogen-bond donors (Lipinski definition) is 0. The molecule has 0 radical (unpaired) electrons. The van der Waals surface area contributed by atoms with E-state index in [1.54, 1.807) is 11.0 Å². The van der Waals surface area contributed by atoms with Gasteiger partial charge in [0, 0.05) is 26.2 Å². The SMILES string of the molecule is O=C(c1ccoc1)N1CCN(C(=O)C2COc3ccccc3C2)CC1. The Morgan fingerprint density at radius 3 is 2.52 bits per heavy atom. The average Bonchev–Trinajstić information content (AvgIpc) is 3.21. The van der Waals surface area contributed by atoms with E-state index in [0.717, 1.165) is 11.3 Å². The zero-order chi connectivity index (χ0) is 17.2. The molecule has 1 fully saturated rings. The number of para-hydroxylation sites is 1. The summed E-state index contributed by atoms with van der Waals surface area (Å²) in [6.45, 7) is 2.62. The normalized spacial score (nSPS) is 19.9. The molecule has 6 heteroatoms. The van der Waals surface area contributed by atoms with Gasteiger partial charge in [-0.3, -0.25) is 9.59 Å². The van der Waals surface area contributed by atoms with E-state index in [1.807, 2.05) is 29.2 Å². The predicted molar refractivity (Wildman–Crippen MR) is 90.3 cm³/mol. The maximum Gasteiger partial charge on any atom is 0.257 e. The van der Waals surface area contributed by atoms with Crippen LogP contribution in [0.25, 0.3) is 0 Å². The van der Waals surface area contributed by atoms with Crippen molar-refractivity contribution in [2.24, 2.45) is 5.92 Å². The van der Waals surface area contributed by atoms with E-state index < -0.39 is 0 Å². The Labute approximate surface area is 146 Å². The smallest absolute Gasteiger partial charge is 0.257 e. The highest BCUT2D eigenvalue weighted by molar-refractivity contribution is 5.94. The molecule has 1 saturated heterocycles. The quantitative estimate of drug-likeness (QED) is 0.836. The van der Waals surface area contributed by atoms with Gasteiger partial charge >= 0.3 is 0 Å². The summed E-state index contributed by atoms with van der Waals surface area (Å²) in [7, 11) is 0. The average molecular weight is 340 g/mol. The topological polar surface area (TPSA) is 63.0 Å². The number of fused-ring (bicyclic) bond motifs is 1. The fourth-order valence-electron chi connectivity index (χ4n) is 3.44. The number of piperazine rings is 1. The Hall–Kier alpha value is -2.76. The van der Waals surface area contributed by atoms with E-state index in [9.17, 15) is 9.59 Å². The Morgan fingerprint density at radius 2 is 1.76 bits per heavy atom. The third-order valence-electron chi connectivity index (χ3n) is 4.87. The molecule has 3 heterocycles. The van der Waals surface area contributed by atoms with Gasteiger partial charge in [0.15, 0.2) is 0 Å². The number of nitrogens with zero attached hydrogens (tertiary/aromatic N) is 2. The second kappa shape index (κ2) is 6.63. The van der Waals surface area contributed by atoms with E-state index >= 15 is 0 Å². The van der Waals surface area contributed by atoms with Crippen molar-refractivity contribution in [3.05, 3.63) is 54.0 Å². The monoisotopic (exact) mass is 340 g/mol. The standard InChI is InChI=1S/C19H20N2O4/c22-18(15-5-10-24-12-15)20-6-8-21(9-7-20)19(23)16-11-14-3-1-2-4-17(14)25-13-16/h1-5,10,12,16H,6-9,11,13H2. The predicted octanol–water partition coefficient (Wildman–Crippen LogP) is 1.82. The number of benzene rings is 1. The zero-order valence-electron chi connectivity index (χ0n) is 13.9. The Morgan fingerprint density at radius 1 is 1.00 bits per heavy atom. The Kier molecular flexibility index (Phi) is 4.17. The number of ether oxygens (including phenoxy) is 1. The molecule has 2 aliphatic heterocycles. The van der Waals surface area contributed by atoms with Gasteiger partial charge in [0.1, 0.15) is 18.6 Å². The largest absolute Gasteiger partial charge is 0.492 e. The highest BCUT2D eigenvalue weighted by Crippen LogP contribution is 2.28. The summed E-state index contributed by atoms with van der Waals surface area (Å²) >= 11 is 0. The van der Waals surface area contributed by atoms with E-state index in [2.05, 4.69) is 0 Å². The molecule has 1 unspecified atom stereocenters. The lowest BCUT2D eigenvalue weighted by atomic mass is 9.95. The summed E-state index contributed by atoms with van der Waals surface area (Å²) in [4.78, 5) is 28.7.